The van der Waals surface area contributed by atoms with Crippen molar-refractivity contribution in [3.63, 3.8) is 0 Å². The molecule has 0 aliphatic heterocycles. The Morgan fingerprint density at radius 2 is 1.97 bits per heavy atom. The maximum absolute atomic E-state index is 12.3. The third-order valence-corrected chi connectivity index (χ3v) is 5.43. The highest BCUT2D eigenvalue weighted by Crippen LogP contribution is 2.20. The average Bonchev–Trinajstić information content (AvgIpc) is 2.72. The van der Waals surface area contributed by atoms with Gasteiger partial charge in [0.05, 0.1) is 19.2 Å². The van der Waals surface area contributed by atoms with Gasteiger partial charge in [0.1, 0.15) is 5.75 Å². The summed E-state index contributed by atoms with van der Waals surface area (Å²) < 4.78 is 5.20. The maximum Gasteiger partial charge on any atom is 0.251 e. The number of nitrogens with one attached hydrogen (secondary N) is 2. The van der Waals surface area contributed by atoms with Gasteiger partial charge in [0, 0.05) is 23.4 Å². The topological polar surface area (TPSA) is 84.1 Å². The van der Waals surface area contributed by atoms with Crippen molar-refractivity contribution >= 4 is 29.3 Å². The van der Waals surface area contributed by atoms with E-state index in [0.717, 1.165) is 16.9 Å². The van der Waals surface area contributed by atoms with Crippen LogP contribution < -0.4 is 15.6 Å². The van der Waals surface area contributed by atoms with Gasteiger partial charge in [-0.15, -0.1) is 0 Å². The number of hydrogen-bond acceptors (Lipinski definition) is 5. The lowest BCUT2D eigenvalue weighted by atomic mass is 10.1. The van der Waals surface area contributed by atoms with E-state index >= 15 is 0 Å². The number of ether oxygens (including phenoxy) is 1. The minimum Gasteiger partial charge on any atom is -0.497 e. The first-order valence-electron chi connectivity index (χ1n) is 9.39. The van der Waals surface area contributed by atoms with E-state index in [1.807, 2.05) is 48.5 Å². The van der Waals surface area contributed by atoms with Crippen LogP contribution in [0, 0.1) is 0 Å². The van der Waals surface area contributed by atoms with Crippen LogP contribution in [0.15, 0.2) is 64.5 Å². The number of carbonyl (C=O) groups excluding carboxylic acids is 1. The molecule has 0 saturated carbocycles. The third-order valence-electron chi connectivity index (χ3n) is 4.25. The van der Waals surface area contributed by atoms with Gasteiger partial charge in [-0.25, -0.2) is 4.98 Å². The fourth-order valence-electron chi connectivity index (χ4n) is 2.82. The molecule has 0 saturated heterocycles. The highest BCUT2D eigenvalue weighted by molar-refractivity contribution is 7.98. The molecule has 156 valence electrons. The first-order chi connectivity index (χ1) is 14.5. The quantitative estimate of drug-likeness (QED) is 0.389. The fourth-order valence-corrected chi connectivity index (χ4v) is 3.87. The number of aromatic nitrogens is 2. The van der Waals surface area contributed by atoms with Crippen LogP contribution in [-0.2, 0) is 23.4 Å². The summed E-state index contributed by atoms with van der Waals surface area (Å²) in [6.07, 6.45) is 0.735. The summed E-state index contributed by atoms with van der Waals surface area (Å²) in [4.78, 5) is 31.3. The molecule has 6 nitrogen and oxygen atoms in total. The lowest BCUT2D eigenvalue weighted by Crippen LogP contribution is -2.28. The normalized spacial score (nSPS) is 10.6. The molecule has 3 rings (SSSR count). The van der Waals surface area contributed by atoms with E-state index in [9.17, 15) is 9.59 Å². The number of halogens is 1. The Hall–Kier alpha value is -2.77. The summed E-state index contributed by atoms with van der Waals surface area (Å²) in [5.41, 5.74) is 2.25. The van der Waals surface area contributed by atoms with Gasteiger partial charge in [-0.3, -0.25) is 9.59 Å². The molecule has 0 radical (unpaired) electrons. The van der Waals surface area contributed by atoms with Gasteiger partial charge >= 0.3 is 0 Å². The second kappa shape index (κ2) is 10.8. The van der Waals surface area contributed by atoms with Crippen molar-refractivity contribution in [2.75, 3.05) is 13.7 Å². The Balaban J connectivity index is 1.52. The summed E-state index contributed by atoms with van der Waals surface area (Å²) in [6, 6.07) is 16.6. The van der Waals surface area contributed by atoms with Crippen LogP contribution in [-0.4, -0.2) is 29.5 Å². The van der Waals surface area contributed by atoms with Crippen LogP contribution in [0.1, 0.15) is 16.8 Å². The van der Waals surface area contributed by atoms with Crippen LogP contribution in [0.25, 0.3) is 0 Å². The first kappa shape index (κ1) is 21.9. The van der Waals surface area contributed by atoms with E-state index in [0.29, 0.717) is 34.6 Å². The van der Waals surface area contributed by atoms with E-state index in [-0.39, 0.29) is 17.9 Å². The molecule has 0 aliphatic rings. The molecule has 2 N–H and O–H groups in total. The van der Waals surface area contributed by atoms with Crippen molar-refractivity contribution in [2.24, 2.45) is 0 Å². The molecule has 3 aromatic rings. The van der Waals surface area contributed by atoms with E-state index in [1.54, 1.807) is 7.11 Å². The number of rotatable bonds is 9. The summed E-state index contributed by atoms with van der Waals surface area (Å²) in [6.45, 7) is 0.492. The van der Waals surface area contributed by atoms with Gasteiger partial charge in [0.2, 0.25) is 5.91 Å². The molecular formula is C22H22ClN3O3S. The number of benzene rings is 2. The lowest BCUT2D eigenvalue weighted by molar-refractivity contribution is -0.120. The van der Waals surface area contributed by atoms with Gasteiger partial charge in [-0.05, 0) is 41.8 Å². The molecule has 0 bridgehead atoms. The number of hydrogen-bond donors (Lipinski definition) is 2. The predicted octanol–water partition coefficient (Wildman–Crippen LogP) is 3.63. The number of nitrogens with zero attached hydrogens (tertiary/aromatic N) is 1. The van der Waals surface area contributed by atoms with E-state index < -0.39 is 0 Å². The van der Waals surface area contributed by atoms with E-state index in [2.05, 4.69) is 15.3 Å². The highest BCUT2D eigenvalue weighted by Gasteiger charge is 2.08. The van der Waals surface area contributed by atoms with Crippen molar-refractivity contribution in [2.45, 2.75) is 23.8 Å². The Bertz CT molecular complexity index is 1070. The summed E-state index contributed by atoms with van der Waals surface area (Å²) in [7, 11) is 1.62. The monoisotopic (exact) mass is 443 g/mol. The second-order valence-corrected chi connectivity index (χ2v) is 7.99. The van der Waals surface area contributed by atoms with Crippen molar-refractivity contribution in [1.29, 1.82) is 0 Å². The molecule has 0 fully saturated rings. The molecule has 2 aromatic carbocycles. The van der Waals surface area contributed by atoms with E-state index in [1.165, 1.54) is 17.8 Å². The molecule has 0 aliphatic carbocycles. The lowest BCUT2D eigenvalue weighted by Gasteiger charge is -2.07. The highest BCUT2D eigenvalue weighted by atomic mass is 35.5. The standard InChI is InChI=1S/C22H22ClN3O3S/c1-29-19-7-3-4-15(11-19)8-9-24-20(27)12-18-13-21(28)26-22(25-18)30-14-16-5-2-6-17(23)10-16/h2-7,10-11,13H,8-9,12,14H2,1H3,(H,24,27)(H,25,26,28). The molecule has 1 aromatic heterocycles. The molecular weight excluding hydrogens is 422 g/mol. The van der Waals surface area contributed by atoms with Crippen molar-refractivity contribution in [1.82, 2.24) is 15.3 Å². The van der Waals surface area contributed by atoms with Crippen LogP contribution in [0.3, 0.4) is 0 Å². The zero-order valence-corrected chi connectivity index (χ0v) is 18.1. The van der Waals surface area contributed by atoms with Gasteiger partial charge in [0.25, 0.3) is 5.56 Å². The number of carbonyl (C=O) groups is 1. The SMILES string of the molecule is COc1cccc(CCNC(=O)Cc2cc(=O)[nH]c(SCc3cccc(Cl)c3)n2)c1. The molecule has 1 heterocycles. The first-order valence-corrected chi connectivity index (χ1v) is 10.8. The molecule has 0 atom stereocenters. The molecule has 0 spiro atoms. The predicted molar refractivity (Wildman–Crippen MR) is 119 cm³/mol. The molecule has 8 heteroatoms. The Labute approximate surface area is 184 Å². The summed E-state index contributed by atoms with van der Waals surface area (Å²) >= 11 is 7.38. The zero-order chi connectivity index (χ0) is 21.3. The number of methoxy groups -OCH3 is 1. The maximum atomic E-state index is 12.3. The average molecular weight is 444 g/mol. The largest absolute Gasteiger partial charge is 0.497 e. The Morgan fingerprint density at radius 3 is 2.77 bits per heavy atom. The minimum atomic E-state index is -0.280. The van der Waals surface area contributed by atoms with Crippen molar-refractivity contribution < 1.29 is 9.53 Å². The van der Waals surface area contributed by atoms with Gasteiger partial charge in [0.15, 0.2) is 5.16 Å². The minimum absolute atomic E-state index is 0.0484. The van der Waals surface area contributed by atoms with Crippen molar-refractivity contribution in [3.8, 4) is 5.75 Å². The van der Waals surface area contributed by atoms with Gasteiger partial charge in [-0.1, -0.05) is 47.6 Å². The number of amides is 1. The second-order valence-electron chi connectivity index (χ2n) is 6.59. The summed E-state index contributed by atoms with van der Waals surface area (Å²) in [5.74, 6) is 1.22. The Morgan fingerprint density at radius 1 is 1.17 bits per heavy atom. The third kappa shape index (κ3) is 6.93. The van der Waals surface area contributed by atoms with Gasteiger partial charge < -0.3 is 15.0 Å². The van der Waals surface area contributed by atoms with Crippen molar-refractivity contribution in [3.05, 3.63) is 86.8 Å². The van der Waals surface area contributed by atoms with Crippen LogP contribution >= 0.6 is 23.4 Å². The van der Waals surface area contributed by atoms with Crippen LogP contribution in [0.5, 0.6) is 5.75 Å². The molecule has 0 unspecified atom stereocenters. The molecule has 1 amide bonds. The fraction of sp³-hybridized carbons (Fsp3) is 0.227. The number of aromatic amines is 1. The van der Waals surface area contributed by atoms with E-state index in [4.69, 9.17) is 16.3 Å². The Kier molecular flexibility index (Phi) is 7.93. The zero-order valence-electron chi connectivity index (χ0n) is 16.5. The number of thioether (sulfide) groups is 1. The number of H-pyrrole nitrogens is 1. The van der Waals surface area contributed by atoms with Crippen LogP contribution in [0.2, 0.25) is 5.02 Å². The summed E-state index contributed by atoms with van der Waals surface area (Å²) in [5, 5.41) is 4.00. The molecule has 30 heavy (non-hydrogen) atoms. The van der Waals surface area contributed by atoms with Crippen LogP contribution in [0.4, 0.5) is 0 Å². The van der Waals surface area contributed by atoms with Gasteiger partial charge in [-0.2, -0.15) is 0 Å². The smallest absolute Gasteiger partial charge is 0.251 e.